The Bertz CT molecular complexity index is 232. The molecule has 2 unspecified atom stereocenters. The predicted octanol–water partition coefficient (Wildman–Crippen LogP) is 3.10. The molecular formula is C13H24O2S. The summed E-state index contributed by atoms with van der Waals surface area (Å²) < 4.78 is 5.65. The number of rotatable bonds is 2. The quantitative estimate of drug-likeness (QED) is 0.809. The maximum absolute atomic E-state index is 9.48. The van der Waals surface area contributed by atoms with Gasteiger partial charge in [0.15, 0.2) is 6.29 Å². The average Bonchev–Trinajstić information content (AvgIpc) is 2.64. The predicted molar refractivity (Wildman–Crippen MR) is 68.2 cm³/mol. The van der Waals surface area contributed by atoms with Crippen LogP contribution in [0, 0.1) is 23.7 Å². The fourth-order valence-electron chi connectivity index (χ4n) is 3.22. The zero-order chi connectivity index (χ0) is 11.7. The average molecular weight is 244 g/mol. The minimum Gasteiger partial charge on any atom is -0.367 e. The molecular weight excluding hydrogens is 220 g/mol. The molecule has 0 bridgehead atoms. The van der Waals surface area contributed by atoms with Crippen LogP contribution < -0.4 is 0 Å². The Morgan fingerprint density at radius 1 is 1.31 bits per heavy atom. The van der Waals surface area contributed by atoms with E-state index < -0.39 is 6.29 Å². The van der Waals surface area contributed by atoms with E-state index in [0.29, 0.717) is 5.92 Å². The van der Waals surface area contributed by atoms with Gasteiger partial charge in [0.1, 0.15) is 5.44 Å². The van der Waals surface area contributed by atoms with Crippen molar-refractivity contribution >= 4 is 11.8 Å². The first-order valence-electron chi connectivity index (χ1n) is 6.53. The fraction of sp³-hybridized carbons (Fsp3) is 1.00. The molecule has 1 aliphatic carbocycles. The Morgan fingerprint density at radius 2 is 2.06 bits per heavy atom. The van der Waals surface area contributed by atoms with Crippen molar-refractivity contribution in [3.8, 4) is 0 Å². The van der Waals surface area contributed by atoms with Crippen LogP contribution in [0.25, 0.3) is 0 Å². The third kappa shape index (κ3) is 2.74. The van der Waals surface area contributed by atoms with Crippen molar-refractivity contribution in [2.45, 2.75) is 51.8 Å². The van der Waals surface area contributed by atoms with Crippen molar-refractivity contribution in [3.63, 3.8) is 0 Å². The molecule has 5 atom stereocenters. The first kappa shape index (κ1) is 12.7. The Labute approximate surface area is 103 Å². The Morgan fingerprint density at radius 3 is 2.62 bits per heavy atom. The van der Waals surface area contributed by atoms with E-state index in [9.17, 15) is 5.11 Å². The van der Waals surface area contributed by atoms with E-state index in [-0.39, 0.29) is 5.44 Å². The van der Waals surface area contributed by atoms with Crippen molar-refractivity contribution in [3.05, 3.63) is 0 Å². The summed E-state index contributed by atoms with van der Waals surface area (Å²) in [6, 6.07) is 0. The molecule has 2 rings (SSSR count). The summed E-state index contributed by atoms with van der Waals surface area (Å²) in [4.78, 5) is 0. The number of aliphatic hydroxyl groups is 1. The lowest BCUT2D eigenvalue weighted by Crippen LogP contribution is -2.35. The molecule has 0 aromatic heterocycles. The molecule has 1 aliphatic heterocycles. The van der Waals surface area contributed by atoms with Crippen LogP contribution in [0.3, 0.4) is 0 Å². The molecule has 2 fully saturated rings. The van der Waals surface area contributed by atoms with Crippen LogP contribution in [0.5, 0.6) is 0 Å². The van der Waals surface area contributed by atoms with Gasteiger partial charge in [-0.15, -0.1) is 11.8 Å². The minimum atomic E-state index is -0.528. The molecule has 0 aromatic rings. The smallest absolute Gasteiger partial charge is 0.165 e. The summed E-state index contributed by atoms with van der Waals surface area (Å²) in [6.45, 7) is 6.99. The molecule has 0 radical (unpaired) electrons. The maximum atomic E-state index is 9.48. The first-order chi connectivity index (χ1) is 7.58. The molecule has 94 valence electrons. The monoisotopic (exact) mass is 244 g/mol. The highest BCUT2D eigenvalue weighted by atomic mass is 32.2. The first-order valence-corrected chi connectivity index (χ1v) is 7.58. The van der Waals surface area contributed by atoms with E-state index in [4.69, 9.17) is 4.74 Å². The van der Waals surface area contributed by atoms with Gasteiger partial charge in [0.25, 0.3) is 0 Å². The molecule has 16 heavy (non-hydrogen) atoms. The summed E-state index contributed by atoms with van der Waals surface area (Å²) in [5.74, 6) is 3.73. The zero-order valence-electron chi connectivity index (χ0n) is 10.6. The number of ether oxygens (including phenoxy) is 1. The van der Waals surface area contributed by atoms with Gasteiger partial charge in [-0.2, -0.15) is 0 Å². The second-order valence-electron chi connectivity index (χ2n) is 5.78. The Balaban J connectivity index is 2.02. The maximum Gasteiger partial charge on any atom is 0.165 e. The van der Waals surface area contributed by atoms with Crippen LogP contribution in [-0.2, 0) is 4.74 Å². The van der Waals surface area contributed by atoms with Gasteiger partial charge in [-0.1, -0.05) is 27.2 Å². The highest BCUT2D eigenvalue weighted by molar-refractivity contribution is 8.00. The molecule has 1 heterocycles. The standard InChI is InChI=1S/C13H24O2S/c1-8(2)10-5-4-9(3)6-11(10)13-15-12(14)7-16-13/h8-14H,4-7H2,1-3H3/t9-,10-,11-,12?,13?/m1/s1. The van der Waals surface area contributed by atoms with E-state index in [1.54, 1.807) is 0 Å². The summed E-state index contributed by atoms with van der Waals surface area (Å²) >= 11 is 1.81. The highest BCUT2D eigenvalue weighted by Crippen LogP contribution is 2.45. The summed E-state index contributed by atoms with van der Waals surface area (Å²) in [7, 11) is 0. The number of hydrogen-bond acceptors (Lipinski definition) is 3. The number of thioether (sulfide) groups is 1. The normalized spacial score (nSPS) is 45.2. The SMILES string of the molecule is CC(C)[C@H]1CC[C@@H](C)C[C@H]1C1OC(O)CS1. The van der Waals surface area contributed by atoms with Crippen LogP contribution >= 0.6 is 11.8 Å². The molecule has 1 saturated carbocycles. The van der Waals surface area contributed by atoms with E-state index in [1.807, 2.05) is 11.8 Å². The van der Waals surface area contributed by atoms with Crippen LogP contribution in [0.4, 0.5) is 0 Å². The summed E-state index contributed by atoms with van der Waals surface area (Å²) in [5.41, 5.74) is 0.241. The number of aliphatic hydroxyl groups excluding tert-OH is 1. The lowest BCUT2D eigenvalue weighted by Gasteiger charge is -2.39. The molecule has 2 aliphatic rings. The second-order valence-corrected chi connectivity index (χ2v) is 6.91. The van der Waals surface area contributed by atoms with E-state index >= 15 is 0 Å². The van der Waals surface area contributed by atoms with Crippen molar-refractivity contribution in [1.29, 1.82) is 0 Å². The lowest BCUT2D eigenvalue weighted by atomic mass is 9.70. The van der Waals surface area contributed by atoms with E-state index in [2.05, 4.69) is 20.8 Å². The van der Waals surface area contributed by atoms with Crippen molar-refractivity contribution in [2.24, 2.45) is 23.7 Å². The van der Waals surface area contributed by atoms with Crippen molar-refractivity contribution in [1.82, 2.24) is 0 Å². The van der Waals surface area contributed by atoms with Gasteiger partial charge in [-0.05, 0) is 36.5 Å². The zero-order valence-corrected chi connectivity index (χ0v) is 11.4. The fourth-order valence-corrected chi connectivity index (χ4v) is 4.42. The number of hydrogen-bond donors (Lipinski definition) is 1. The minimum absolute atomic E-state index is 0.241. The van der Waals surface area contributed by atoms with Gasteiger partial charge < -0.3 is 9.84 Å². The molecule has 1 saturated heterocycles. The Hall–Kier alpha value is 0.270. The van der Waals surface area contributed by atoms with Crippen LogP contribution in [-0.4, -0.2) is 22.6 Å². The Kier molecular flexibility index (Phi) is 4.20. The van der Waals surface area contributed by atoms with Crippen LogP contribution in [0.15, 0.2) is 0 Å². The van der Waals surface area contributed by atoms with Gasteiger partial charge in [0.2, 0.25) is 0 Å². The molecule has 1 N–H and O–H groups in total. The van der Waals surface area contributed by atoms with Gasteiger partial charge in [0, 0.05) is 5.75 Å². The molecule has 3 heteroatoms. The van der Waals surface area contributed by atoms with Gasteiger partial charge in [0.05, 0.1) is 0 Å². The van der Waals surface area contributed by atoms with Gasteiger partial charge in [-0.25, -0.2) is 0 Å². The van der Waals surface area contributed by atoms with E-state index in [1.165, 1.54) is 19.3 Å². The van der Waals surface area contributed by atoms with Crippen molar-refractivity contribution in [2.75, 3.05) is 5.75 Å². The summed E-state index contributed by atoms with van der Waals surface area (Å²) in [5, 5.41) is 9.48. The molecule has 0 aromatic carbocycles. The van der Waals surface area contributed by atoms with Crippen LogP contribution in [0.2, 0.25) is 0 Å². The summed E-state index contributed by atoms with van der Waals surface area (Å²) in [6.07, 6.45) is 3.44. The molecule has 0 spiro atoms. The largest absolute Gasteiger partial charge is 0.367 e. The molecule has 0 amide bonds. The third-order valence-corrected chi connectivity index (χ3v) is 5.38. The van der Waals surface area contributed by atoms with Crippen LogP contribution in [0.1, 0.15) is 40.0 Å². The van der Waals surface area contributed by atoms with Gasteiger partial charge >= 0.3 is 0 Å². The molecule has 2 nitrogen and oxygen atoms in total. The van der Waals surface area contributed by atoms with E-state index in [0.717, 1.165) is 23.5 Å². The second kappa shape index (κ2) is 5.28. The van der Waals surface area contributed by atoms with Gasteiger partial charge in [-0.3, -0.25) is 0 Å². The lowest BCUT2D eigenvalue weighted by molar-refractivity contribution is -0.108. The third-order valence-electron chi connectivity index (χ3n) is 4.12. The van der Waals surface area contributed by atoms with Crippen molar-refractivity contribution < 1.29 is 9.84 Å². The topological polar surface area (TPSA) is 29.5 Å². The highest BCUT2D eigenvalue weighted by Gasteiger charge is 2.40.